The van der Waals surface area contributed by atoms with E-state index >= 15 is 0 Å². The van der Waals surface area contributed by atoms with E-state index in [0.29, 0.717) is 45.1 Å². The molecule has 0 unspecified atom stereocenters. The Bertz CT molecular complexity index is 1230. The van der Waals surface area contributed by atoms with Crippen molar-refractivity contribution < 1.29 is 28.3 Å². The highest BCUT2D eigenvalue weighted by molar-refractivity contribution is 6.32. The number of rotatable bonds is 4. The number of halogens is 1. The third-order valence-corrected chi connectivity index (χ3v) is 4.99. The molecule has 8 heteroatoms. The number of carbonyl (C=O) groups is 1. The predicted molar refractivity (Wildman–Crippen MR) is 109 cm³/mol. The molecule has 1 aromatic heterocycles. The number of hydrogen-bond donors (Lipinski definition) is 0. The van der Waals surface area contributed by atoms with E-state index in [1.807, 2.05) is 6.07 Å². The van der Waals surface area contributed by atoms with Gasteiger partial charge in [-0.1, -0.05) is 16.8 Å². The van der Waals surface area contributed by atoms with E-state index in [1.165, 1.54) is 0 Å². The molecule has 0 radical (unpaired) electrons. The van der Waals surface area contributed by atoms with Crippen molar-refractivity contribution in [3.63, 3.8) is 0 Å². The molecular weight excluding hydrogens is 410 g/mol. The monoisotopic (exact) mass is 423 g/mol. The third kappa shape index (κ3) is 3.19. The van der Waals surface area contributed by atoms with Crippen LogP contribution in [0.4, 0.5) is 0 Å². The summed E-state index contributed by atoms with van der Waals surface area (Å²) in [5.41, 5.74) is 2.13. The van der Waals surface area contributed by atoms with Gasteiger partial charge in [0.05, 0.1) is 17.7 Å². The quantitative estimate of drug-likeness (QED) is 0.447. The molecule has 0 saturated heterocycles. The molecule has 2 aromatic carbocycles. The molecule has 0 atom stereocenters. The van der Waals surface area contributed by atoms with Gasteiger partial charge in [-0.2, -0.15) is 0 Å². The van der Waals surface area contributed by atoms with Gasteiger partial charge in [-0.3, -0.25) is 0 Å². The van der Waals surface area contributed by atoms with Gasteiger partial charge < -0.3 is 23.5 Å². The van der Waals surface area contributed by atoms with Crippen molar-refractivity contribution in [3.05, 3.63) is 70.5 Å². The molecule has 7 nitrogen and oxygen atoms in total. The standard InChI is InChI=1S/C22H14ClNO6/c1-26-18-5-2-12(8-16(18)23)17-7-4-14(29-17)10-15-21(24-30-22(15)25)13-3-6-19-20(9-13)28-11-27-19/h2-10H,11H2,1H3/b15-10-. The van der Waals surface area contributed by atoms with Crippen molar-refractivity contribution in [2.75, 3.05) is 13.9 Å². The molecule has 0 fully saturated rings. The van der Waals surface area contributed by atoms with Gasteiger partial charge in [0.1, 0.15) is 23.0 Å². The average Bonchev–Trinajstić information content (AvgIpc) is 3.48. The molecule has 150 valence electrons. The van der Waals surface area contributed by atoms with Crippen molar-refractivity contribution in [1.29, 1.82) is 0 Å². The number of furan rings is 1. The lowest BCUT2D eigenvalue weighted by Gasteiger charge is -2.04. The van der Waals surface area contributed by atoms with E-state index < -0.39 is 5.97 Å². The van der Waals surface area contributed by atoms with Gasteiger partial charge in [-0.25, -0.2) is 4.79 Å². The lowest BCUT2D eigenvalue weighted by atomic mass is 10.0. The zero-order valence-electron chi connectivity index (χ0n) is 15.7. The Morgan fingerprint density at radius 1 is 1.03 bits per heavy atom. The first-order valence-corrected chi connectivity index (χ1v) is 9.35. The van der Waals surface area contributed by atoms with Gasteiger partial charge in [0, 0.05) is 11.1 Å². The first-order valence-electron chi connectivity index (χ1n) is 8.97. The molecule has 2 aliphatic rings. The smallest absolute Gasteiger partial charge is 0.368 e. The van der Waals surface area contributed by atoms with Gasteiger partial charge in [0.2, 0.25) is 6.79 Å². The number of nitrogens with zero attached hydrogens (tertiary/aromatic N) is 1. The fraction of sp³-hybridized carbons (Fsp3) is 0.0909. The highest BCUT2D eigenvalue weighted by Crippen LogP contribution is 2.35. The Kier molecular flexibility index (Phi) is 4.44. The Hall–Kier alpha value is -3.71. The van der Waals surface area contributed by atoms with Crippen LogP contribution >= 0.6 is 11.6 Å². The van der Waals surface area contributed by atoms with Crippen molar-refractivity contribution in [3.8, 4) is 28.6 Å². The molecule has 2 aliphatic heterocycles. The zero-order chi connectivity index (χ0) is 20.7. The summed E-state index contributed by atoms with van der Waals surface area (Å²) in [7, 11) is 1.55. The summed E-state index contributed by atoms with van der Waals surface area (Å²) in [6.07, 6.45) is 1.59. The Morgan fingerprint density at radius 3 is 2.70 bits per heavy atom. The molecule has 0 amide bonds. The van der Waals surface area contributed by atoms with Crippen LogP contribution in [0.15, 0.2) is 63.7 Å². The number of fused-ring (bicyclic) bond motifs is 1. The van der Waals surface area contributed by atoms with Crippen LogP contribution in [0.1, 0.15) is 11.3 Å². The van der Waals surface area contributed by atoms with Gasteiger partial charge in [-0.15, -0.1) is 0 Å². The van der Waals surface area contributed by atoms with Gasteiger partial charge in [-0.05, 0) is 54.6 Å². The summed E-state index contributed by atoms with van der Waals surface area (Å²) in [6, 6.07) is 14.2. The van der Waals surface area contributed by atoms with E-state index in [0.717, 1.165) is 5.56 Å². The topological polar surface area (TPSA) is 79.5 Å². The molecule has 0 bridgehead atoms. The minimum Gasteiger partial charge on any atom is -0.495 e. The molecule has 30 heavy (non-hydrogen) atoms. The van der Waals surface area contributed by atoms with Crippen LogP contribution in [0.3, 0.4) is 0 Å². The summed E-state index contributed by atoms with van der Waals surface area (Å²) in [5.74, 6) is 2.31. The van der Waals surface area contributed by atoms with Crippen molar-refractivity contribution in [2.24, 2.45) is 5.16 Å². The summed E-state index contributed by atoms with van der Waals surface area (Å²) >= 11 is 6.20. The normalized spacial score (nSPS) is 16.0. The maximum atomic E-state index is 12.3. The fourth-order valence-electron chi connectivity index (χ4n) is 3.21. The van der Waals surface area contributed by atoms with Crippen molar-refractivity contribution in [1.82, 2.24) is 0 Å². The molecule has 0 saturated carbocycles. The third-order valence-electron chi connectivity index (χ3n) is 4.69. The number of hydrogen-bond acceptors (Lipinski definition) is 7. The summed E-state index contributed by atoms with van der Waals surface area (Å²) in [5, 5.41) is 4.39. The van der Waals surface area contributed by atoms with Gasteiger partial charge >= 0.3 is 5.97 Å². The number of methoxy groups -OCH3 is 1. The Morgan fingerprint density at radius 2 is 1.87 bits per heavy atom. The van der Waals surface area contributed by atoms with Gasteiger partial charge in [0.25, 0.3) is 0 Å². The Labute approximate surface area is 176 Å². The van der Waals surface area contributed by atoms with E-state index in [4.69, 9.17) is 35.1 Å². The van der Waals surface area contributed by atoms with Gasteiger partial charge in [0.15, 0.2) is 11.5 Å². The van der Waals surface area contributed by atoms with E-state index in [-0.39, 0.29) is 12.4 Å². The minimum absolute atomic E-state index is 0.161. The number of ether oxygens (including phenoxy) is 3. The molecule has 0 aliphatic carbocycles. The highest BCUT2D eigenvalue weighted by atomic mass is 35.5. The second-order valence-electron chi connectivity index (χ2n) is 6.50. The number of oxime groups is 1. The average molecular weight is 424 g/mol. The number of carbonyl (C=O) groups excluding carboxylic acids is 1. The largest absolute Gasteiger partial charge is 0.495 e. The fourth-order valence-corrected chi connectivity index (χ4v) is 3.47. The molecule has 3 aromatic rings. The number of benzene rings is 2. The molecule has 3 heterocycles. The SMILES string of the molecule is COc1ccc(-c2ccc(/C=C3\C(=O)ON=C3c3ccc4c(c3)OCO4)o2)cc1Cl. The van der Waals surface area contributed by atoms with Crippen LogP contribution in [-0.4, -0.2) is 25.6 Å². The lowest BCUT2D eigenvalue weighted by Crippen LogP contribution is -2.06. The molecular formula is C22H14ClNO6. The second-order valence-corrected chi connectivity index (χ2v) is 6.90. The van der Waals surface area contributed by atoms with Crippen LogP contribution in [-0.2, 0) is 9.63 Å². The van der Waals surface area contributed by atoms with Crippen LogP contribution in [0.25, 0.3) is 17.4 Å². The van der Waals surface area contributed by atoms with Crippen LogP contribution in [0, 0.1) is 0 Å². The maximum Gasteiger partial charge on any atom is 0.368 e. The summed E-state index contributed by atoms with van der Waals surface area (Å²) < 4.78 is 21.8. The van der Waals surface area contributed by atoms with Crippen LogP contribution in [0.2, 0.25) is 5.02 Å². The van der Waals surface area contributed by atoms with Crippen LogP contribution < -0.4 is 14.2 Å². The summed E-state index contributed by atoms with van der Waals surface area (Å²) in [4.78, 5) is 17.1. The first-order chi connectivity index (χ1) is 14.6. The first kappa shape index (κ1) is 18.3. The lowest BCUT2D eigenvalue weighted by molar-refractivity contribution is -0.136. The summed E-state index contributed by atoms with van der Waals surface area (Å²) in [6.45, 7) is 0.161. The predicted octanol–water partition coefficient (Wildman–Crippen LogP) is 4.68. The Balaban J connectivity index is 1.46. The van der Waals surface area contributed by atoms with E-state index in [1.54, 1.807) is 55.7 Å². The molecule has 5 rings (SSSR count). The van der Waals surface area contributed by atoms with Crippen molar-refractivity contribution in [2.45, 2.75) is 0 Å². The highest BCUT2D eigenvalue weighted by Gasteiger charge is 2.28. The second kappa shape index (κ2) is 7.27. The minimum atomic E-state index is -0.562. The van der Waals surface area contributed by atoms with Crippen molar-refractivity contribution >= 4 is 29.4 Å². The molecule has 0 N–H and O–H groups in total. The van der Waals surface area contributed by atoms with E-state index in [9.17, 15) is 4.79 Å². The zero-order valence-corrected chi connectivity index (χ0v) is 16.4. The maximum absolute atomic E-state index is 12.3. The van der Waals surface area contributed by atoms with E-state index in [2.05, 4.69) is 5.16 Å². The van der Waals surface area contributed by atoms with Crippen LogP contribution in [0.5, 0.6) is 17.2 Å². The molecule has 0 spiro atoms.